The fourth-order valence-corrected chi connectivity index (χ4v) is 2.42. The van der Waals surface area contributed by atoms with Crippen LogP contribution in [0.2, 0.25) is 0 Å². The van der Waals surface area contributed by atoms with Crippen LogP contribution < -0.4 is 0 Å². The largest absolute Gasteiger partial charge is 0.476 e. The number of hydrogen-bond acceptors (Lipinski definition) is 4. The smallest absolute Gasteiger partial charge is 0.358 e. The van der Waals surface area contributed by atoms with Gasteiger partial charge in [-0.05, 0) is 18.1 Å². The Morgan fingerprint density at radius 2 is 2.15 bits per heavy atom. The minimum atomic E-state index is -1.03. The summed E-state index contributed by atoms with van der Waals surface area (Å²) in [6.45, 7) is 4.78. The SMILES string of the molecule is Cc1ccccc1CN1CC(n2cc(C(=O)O)nn2)C1. The van der Waals surface area contributed by atoms with Crippen LogP contribution in [0.25, 0.3) is 0 Å². The van der Waals surface area contributed by atoms with Gasteiger partial charge in [0.1, 0.15) is 0 Å². The Hall–Kier alpha value is -2.21. The van der Waals surface area contributed by atoms with Gasteiger partial charge >= 0.3 is 5.97 Å². The van der Waals surface area contributed by atoms with Crippen LogP contribution in [0.4, 0.5) is 0 Å². The molecule has 6 heteroatoms. The Balaban J connectivity index is 1.58. The number of aromatic nitrogens is 3. The van der Waals surface area contributed by atoms with Crippen molar-refractivity contribution in [1.82, 2.24) is 19.9 Å². The molecule has 2 aromatic rings. The molecule has 0 amide bonds. The van der Waals surface area contributed by atoms with Crippen molar-refractivity contribution in [3.63, 3.8) is 0 Å². The highest BCUT2D eigenvalue weighted by Crippen LogP contribution is 2.23. The lowest BCUT2D eigenvalue weighted by Crippen LogP contribution is -2.47. The van der Waals surface area contributed by atoms with E-state index in [4.69, 9.17) is 5.11 Å². The van der Waals surface area contributed by atoms with E-state index in [9.17, 15) is 4.79 Å². The first-order valence-corrected chi connectivity index (χ1v) is 6.55. The van der Waals surface area contributed by atoms with E-state index < -0.39 is 5.97 Å². The van der Waals surface area contributed by atoms with Gasteiger partial charge in [0.15, 0.2) is 5.69 Å². The number of carboxylic acids is 1. The van der Waals surface area contributed by atoms with Crippen LogP contribution in [0.3, 0.4) is 0 Å². The molecule has 1 aliphatic rings. The highest BCUT2D eigenvalue weighted by Gasteiger charge is 2.29. The Bertz CT molecular complexity index is 632. The van der Waals surface area contributed by atoms with E-state index >= 15 is 0 Å². The number of rotatable bonds is 4. The summed E-state index contributed by atoms with van der Waals surface area (Å²) in [5.41, 5.74) is 2.63. The highest BCUT2D eigenvalue weighted by atomic mass is 16.4. The molecule has 0 bridgehead atoms. The molecule has 0 unspecified atom stereocenters. The van der Waals surface area contributed by atoms with E-state index in [1.54, 1.807) is 4.68 Å². The average molecular weight is 272 g/mol. The third-order valence-corrected chi connectivity index (χ3v) is 3.70. The first kappa shape index (κ1) is 12.8. The predicted octanol–water partition coefficient (Wildman–Crippen LogP) is 1.34. The van der Waals surface area contributed by atoms with Crippen LogP contribution in [0, 0.1) is 6.92 Å². The van der Waals surface area contributed by atoms with Gasteiger partial charge in [-0.15, -0.1) is 5.10 Å². The molecule has 1 aromatic heterocycles. The van der Waals surface area contributed by atoms with Gasteiger partial charge in [0.25, 0.3) is 0 Å². The summed E-state index contributed by atoms with van der Waals surface area (Å²) >= 11 is 0. The Labute approximate surface area is 116 Å². The lowest BCUT2D eigenvalue weighted by Gasteiger charge is -2.39. The maximum Gasteiger partial charge on any atom is 0.358 e. The normalized spacial score (nSPS) is 16.1. The molecule has 0 saturated carbocycles. The van der Waals surface area contributed by atoms with Crippen LogP contribution in [0.5, 0.6) is 0 Å². The molecule has 1 fully saturated rings. The molecule has 1 aromatic carbocycles. The highest BCUT2D eigenvalue weighted by molar-refractivity contribution is 5.84. The first-order valence-electron chi connectivity index (χ1n) is 6.55. The van der Waals surface area contributed by atoms with Crippen LogP contribution in [-0.4, -0.2) is 44.1 Å². The minimum Gasteiger partial charge on any atom is -0.476 e. The molecule has 1 N–H and O–H groups in total. The van der Waals surface area contributed by atoms with Gasteiger partial charge in [0.2, 0.25) is 0 Å². The predicted molar refractivity (Wildman–Crippen MR) is 72.5 cm³/mol. The fourth-order valence-electron chi connectivity index (χ4n) is 2.42. The van der Waals surface area contributed by atoms with Gasteiger partial charge in [-0.25, -0.2) is 9.48 Å². The Morgan fingerprint density at radius 1 is 1.40 bits per heavy atom. The molecule has 0 aliphatic carbocycles. The van der Waals surface area contributed by atoms with Gasteiger partial charge in [0.05, 0.1) is 12.2 Å². The summed E-state index contributed by atoms with van der Waals surface area (Å²) < 4.78 is 1.65. The molecular weight excluding hydrogens is 256 g/mol. The van der Waals surface area contributed by atoms with Crippen LogP contribution in [0.15, 0.2) is 30.5 Å². The third-order valence-electron chi connectivity index (χ3n) is 3.70. The zero-order valence-electron chi connectivity index (χ0n) is 11.2. The van der Waals surface area contributed by atoms with Crippen LogP contribution in [-0.2, 0) is 6.54 Å². The summed E-state index contributed by atoms with van der Waals surface area (Å²) in [6.07, 6.45) is 1.50. The number of benzene rings is 1. The zero-order chi connectivity index (χ0) is 14.1. The van der Waals surface area contributed by atoms with E-state index in [1.165, 1.54) is 17.3 Å². The van der Waals surface area contributed by atoms with Crippen molar-refractivity contribution in [2.75, 3.05) is 13.1 Å². The summed E-state index contributed by atoms with van der Waals surface area (Å²) in [6, 6.07) is 8.57. The Morgan fingerprint density at radius 3 is 2.80 bits per heavy atom. The number of aryl methyl sites for hydroxylation is 1. The average Bonchev–Trinajstić information content (AvgIpc) is 2.84. The molecular formula is C14H16N4O2. The molecule has 6 nitrogen and oxygen atoms in total. The van der Waals surface area contributed by atoms with Gasteiger partial charge < -0.3 is 5.11 Å². The monoisotopic (exact) mass is 272 g/mol. The van der Waals surface area contributed by atoms with E-state index in [-0.39, 0.29) is 11.7 Å². The maximum atomic E-state index is 10.8. The second kappa shape index (κ2) is 5.05. The molecule has 1 saturated heterocycles. The number of likely N-dealkylation sites (tertiary alicyclic amines) is 1. The number of hydrogen-bond donors (Lipinski definition) is 1. The standard InChI is InChI=1S/C14H16N4O2/c1-10-4-2-3-5-11(10)6-17-7-12(8-17)18-9-13(14(19)20)15-16-18/h2-5,9,12H,6-8H2,1H3,(H,19,20). The second-order valence-electron chi connectivity index (χ2n) is 5.16. The first-order chi connectivity index (χ1) is 9.63. The maximum absolute atomic E-state index is 10.8. The van der Waals surface area contributed by atoms with Crippen molar-refractivity contribution < 1.29 is 9.90 Å². The minimum absolute atomic E-state index is 0.00218. The molecule has 0 spiro atoms. The van der Waals surface area contributed by atoms with Crippen LogP contribution >= 0.6 is 0 Å². The van der Waals surface area contributed by atoms with Gasteiger partial charge in [-0.2, -0.15) is 0 Å². The molecule has 0 radical (unpaired) electrons. The van der Waals surface area contributed by atoms with Crippen molar-refractivity contribution >= 4 is 5.97 Å². The summed E-state index contributed by atoms with van der Waals surface area (Å²) in [5.74, 6) is -1.03. The number of aromatic carboxylic acids is 1. The van der Waals surface area contributed by atoms with Crippen molar-refractivity contribution in [3.8, 4) is 0 Å². The van der Waals surface area contributed by atoms with Crippen molar-refractivity contribution in [2.45, 2.75) is 19.5 Å². The second-order valence-corrected chi connectivity index (χ2v) is 5.16. The zero-order valence-corrected chi connectivity index (χ0v) is 11.2. The van der Waals surface area contributed by atoms with E-state index in [0.29, 0.717) is 0 Å². The fraction of sp³-hybridized carbons (Fsp3) is 0.357. The summed E-state index contributed by atoms with van der Waals surface area (Å²) in [5, 5.41) is 16.3. The Kier molecular flexibility index (Phi) is 3.23. The van der Waals surface area contributed by atoms with E-state index in [1.807, 2.05) is 6.07 Å². The topological polar surface area (TPSA) is 71.2 Å². The molecule has 2 heterocycles. The van der Waals surface area contributed by atoms with Crippen LogP contribution in [0.1, 0.15) is 27.7 Å². The van der Waals surface area contributed by atoms with Gasteiger partial charge in [-0.1, -0.05) is 29.5 Å². The van der Waals surface area contributed by atoms with Crippen molar-refractivity contribution in [3.05, 3.63) is 47.3 Å². The van der Waals surface area contributed by atoms with E-state index in [2.05, 4.69) is 40.3 Å². The number of carboxylic acid groups (broad SMARTS) is 1. The van der Waals surface area contributed by atoms with Gasteiger partial charge in [0, 0.05) is 19.6 Å². The summed E-state index contributed by atoms with van der Waals surface area (Å²) in [7, 11) is 0. The molecule has 104 valence electrons. The van der Waals surface area contributed by atoms with Crippen molar-refractivity contribution in [1.29, 1.82) is 0 Å². The summed E-state index contributed by atoms with van der Waals surface area (Å²) in [4.78, 5) is 13.1. The van der Waals surface area contributed by atoms with Gasteiger partial charge in [-0.3, -0.25) is 4.90 Å². The lowest BCUT2D eigenvalue weighted by molar-refractivity contribution is 0.0690. The number of carbonyl (C=O) groups is 1. The number of nitrogens with zero attached hydrogens (tertiary/aromatic N) is 4. The molecule has 3 rings (SSSR count). The molecule has 1 aliphatic heterocycles. The molecule has 0 atom stereocenters. The third kappa shape index (κ3) is 2.42. The van der Waals surface area contributed by atoms with Crippen molar-refractivity contribution in [2.24, 2.45) is 0 Å². The van der Waals surface area contributed by atoms with E-state index in [0.717, 1.165) is 19.6 Å². The molecule has 20 heavy (non-hydrogen) atoms. The lowest BCUT2D eigenvalue weighted by atomic mass is 10.0. The quantitative estimate of drug-likeness (QED) is 0.909.